The Labute approximate surface area is 143 Å². The van der Waals surface area contributed by atoms with Crippen molar-refractivity contribution in [1.29, 1.82) is 0 Å². The predicted octanol–water partition coefficient (Wildman–Crippen LogP) is 0.155. The first kappa shape index (κ1) is 20.7. The van der Waals surface area contributed by atoms with Crippen LogP contribution in [0.25, 0.3) is 0 Å². The Kier molecular flexibility index (Phi) is 8.43. The van der Waals surface area contributed by atoms with Crippen LogP contribution in [0.3, 0.4) is 0 Å². The number of hydrogen-bond acceptors (Lipinski definition) is 4. The predicted molar refractivity (Wildman–Crippen MR) is 89.9 cm³/mol. The van der Waals surface area contributed by atoms with Crippen molar-refractivity contribution in [3.63, 3.8) is 0 Å². The molecule has 140 valence electrons. The van der Waals surface area contributed by atoms with Gasteiger partial charge in [0.15, 0.2) is 0 Å². The molecule has 1 rings (SSSR count). The van der Waals surface area contributed by atoms with Crippen LogP contribution >= 0.6 is 0 Å². The maximum absolute atomic E-state index is 12.7. The summed E-state index contributed by atoms with van der Waals surface area (Å²) in [5, 5.41) is 11.1. The highest BCUT2D eigenvalue weighted by molar-refractivity contribution is 7.86. The van der Waals surface area contributed by atoms with Crippen molar-refractivity contribution in [3.8, 4) is 0 Å². The van der Waals surface area contributed by atoms with Crippen LogP contribution in [0.4, 0.5) is 4.79 Å². The Morgan fingerprint density at radius 1 is 1.08 bits per heavy atom. The van der Waals surface area contributed by atoms with E-state index in [2.05, 4.69) is 5.32 Å². The van der Waals surface area contributed by atoms with Crippen LogP contribution < -0.4 is 5.32 Å². The van der Waals surface area contributed by atoms with Crippen molar-refractivity contribution in [2.75, 3.05) is 45.8 Å². The van der Waals surface area contributed by atoms with E-state index in [9.17, 15) is 18.0 Å². The molecular formula is C14H28N4O5S. The molecule has 1 aliphatic heterocycles. The minimum absolute atomic E-state index is 0.0630. The molecule has 1 saturated heterocycles. The number of aliphatic carboxylic acids is 1. The summed E-state index contributed by atoms with van der Waals surface area (Å²) in [6.45, 7) is 6.02. The zero-order valence-corrected chi connectivity index (χ0v) is 15.2. The van der Waals surface area contributed by atoms with E-state index in [4.69, 9.17) is 5.11 Å². The summed E-state index contributed by atoms with van der Waals surface area (Å²) < 4.78 is 28.2. The molecule has 0 atom stereocenters. The number of carbonyl (C=O) groups excluding carboxylic acids is 1. The zero-order chi connectivity index (χ0) is 18.2. The average molecular weight is 364 g/mol. The molecule has 0 unspecified atom stereocenters. The van der Waals surface area contributed by atoms with Crippen LogP contribution in [0, 0.1) is 0 Å². The second-order valence-corrected chi connectivity index (χ2v) is 7.60. The van der Waals surface area contributed by atoms with Gasteiger partial charge in [-0.15, -0.1) is 0 Å². The number of hydrogen-bond donors (Lipinski definition) is 2. The van der Waals surface area contributed by atoms with Crippen molar-refractivity contribution in [2.45, 2.75) is 33.1 Å². The van der Waals surface area contributed by atoms with Crippen LogP contribution in [-0.4, -0.2) is 84.8 Å². The molecule has 9 nitrogen and oxygen atoms in total. The Bertz CT molecular complexity index is 511. The normalized spacial score (nSPS) is 16.4. The van der Waals surface area contributed by atoms with E-state index >= 15 is 0 Å². The Hall–Kier alpha value is -1.39. The number of nitrogens with zero attached hydrogens (tertiary/aromatic N) is 3. The second kappa shape index (κ2) is 9.80. The summed E-state index contributed by atoms with van der Waals surface area (Å²) in [5.41, 5.74) is 0. The molecule has 0 saturated carbocycles. The fourth-order valence-corrected chi connectivity index (χ4v) is 4.29. The van der Waals surface area contributed by atoms with Crippen molar-refractivity contribution < 1.29 is 23.1 Å². The monoisotopic (exact) mass is 364 g/mol. The van der Waals surface area contributed by atoms with Crippen molar-refractivity contribution in [1.82, 2.24) is 18.8 Å². The standard InChI is InChI=1S/C14H28N4O5S/c1-3-7-17(8-4-2)24(22,23)18-11-9-16(10-12-18)14(21)15-6-5-13(19)20/h3-12H2,1-2H3,(H,15,21)(H,19,20). The minimum Gasteiger partial charge on any atom is -0.481 e. The van der Waals surface area contributed by atoms with Gasteiger partial charge in [-0.1, -0.05) is 13.8 Å². The Morgan fingerprint density at radius 2 is 1.62 bits per heavy atom. The summed E-state index contributed by atoms with van der Waals surface area (Å²) in [6, 6.07) is -0.354. The SMILES string of the molecule is CCCN(CCC)S(=O)(=O)N1CCN(C(=O)NCCC(=O)O)CC1. The number of rotatable bonds is 9. The number of carboxylic acids is 1. The molecule has 1 fully saturated rings. The lowest BCUT2D eigenvalue weighted by Gasteiger charge is -2.36. The van der Waals surface area contributed by atoms with Gasteiger partial charge in [-0.3, -0.25) is 4.79 Å². The van der Waals surface area contributed by atoms with Gasteiger partial charge in [0.05, 0.1) is 6.42 Å². The van der Waals surface area contributed by atoms with E-state index in [0.717, 1.165) is 12.8 Å². The first-order valence-electron chi connectivity index (χ1n) is 8.32. The van der Waals surface area contributed by atoms with Crippen molar-refractivity contribution in [2.24, 2.45) is 0 Å². The van der Waals surface area contributed by atoms with Crippen molar-refractivity contribution in [3.05, 3.63) is 0 Å². The van der Waals surface area contributed by atoms with Crippen LogP contribution in [-0.2, 0) is 15.0 Å². The van der Waals surface area contributed by atoms with Crippen LogP contribution in [0.2, 0.25) is 0 Å². The molecule has 0 aromatic carbocycles. The molecule has 24 heavy (non-hydrogen) atoms. The molecule has 0 aromatic rings. The topological polar surface area (TPSA) is 110 Å². The lowest BCUT2D eigenvalue weighted by molar-refractivity contribution is -0.136. The molecule has 0 bridgehead atoms. The first-order chi connectivity index (χ1) is 11.3. The minimum atomic E-state index is -3.50. The fourth-order valence-electron chi connectivity index (χ4n) is 2.51. The van der Waals surface area contributed by atoms with E-state index in [1.54, 1.807) is 0 Å². The third-order valence-electron chi connectivity index (χ3n) is 3.74. The quantitative estimate of drug-likeness (QED) is 0.605. The molecular weight excluding hydrogens is 336 g/mol. The van der Waals surface area contributed by atoms with Crippen LogP contribution in [0.1, 0.15) is 33.1 Å². The first-order valence-corrected chi connectivity index (χ1v) is 9.72. The maximum Gasteiger partial charge on any atom is 0.317 e. The third-order valence-corrected chi connectivity index (χ3v) is 5.77. The molecule has 0 spiro atoms. The number of carboxylic acid groups (broad SMARTS) is 1. The molecule has 1 heterocycles. The van der Waals surface area contributed by atoms with Gasteiger partial charge >= 0.3 is 12.0 Å². The zero-order valence-electron chi connectivity index (χ0n) is 14.4. The summed E-state index contributed by atoms with van der Waals surface area (Å²) in [6.07, 6.45) is 1.37. The van der Waals surface area contributed by atoms with Gasteiger partial charge in [-0.05, 0) is 12.8 Å². The summed E-state index contributed by atoms with van der Waals surface area (Å²) in [4.78, 5) is 23.9. The maximum atomic E-state index is 12.7. The Balaban J connectivity index is 2.54. The van der Waals surface area contributed by atoms with Crippen LogP contribution in [0.15, 0.2) is 0 Å². The molecule has 0 aromatic heterocycles. The van der Waals surface area contributed by atoms with E-state index in [0.29, 0.717) is 26.2 Å². The average Bonchev–Trinajstić information content (AvgIpc) is 2.54. The molecule has 1 aliphatic rings. The smallest absolute Gasteiger partial charge is 0.317 e. The molecule has 2 N–H and O–H groups in total. The highest BCUT2D eigenvalue weighted by atomic mass is 32.2. The largest absolute Gasteiger partial charge is 0.481 e. The third kappa shape index (κ3) is 5.91. The number of nitrogens with one attached hydrogen (secondary N) is 1. The fraction of sp³-hybridized carbons (Fsp3) is 0.857. The van der Waals surface area contributed by atoms with Gasteiger partial charge < -0.3 is 15.3 Å². The van der Waals surface area contributed by atoms with Crippen molar-refractivity contribution >= 4 is 22.2 Å². The molecule has 0 radical (unpaired) electrons. The van der Waals surface area contributed by atoms with E-state index in [1.807, 2.05) is 13.8 Å². The van der Waals surface area contributed by atoms with E-state index < -0.39 is 16.2 Å². The summed E-state index contributed by atoms with van der Waals surface area (Å²) in [7, 11) is -3.50. The lowest BCUT2D eigenvalue weighted by Crippen LogP contribution is -2.56. The Morgan fingerprint density at radius 3 is 2.08 bits per heavy atom. The summed E-state index contributed by atoms with van der Waals surface area (Å²) in [5.74, 6) is -0.974. The molecule has 0 aliphatic carbocycles. The summed E-state index contributed by atoms with van der Waals surface area (Å²) >= 11 is 0. The van der Waals surface area contributed by atoms with Gasteiger partial charge in [0.25, 0.3) is 10.2 Å². The lowest BCUT2D eigenvalue weighted by atomic mass is 10.4. The van der Waals surface area contributed by atoms with Gasteiger partial charge in [0.1, 0.15) is 0 Å². The highest BCUT2D eigenvalue weighted by Gasteiger charge is 2.32. The number of piperazine rings is 1. The van der Waals surface area contributed by atoms with Crippen LogP contribution in [0.5, 0.6) is 0 Å². The number of urea groups is 1. The van der Waals surface area contributed by atoms with Gasteiger partial charge in [0, 0.05) is 45.8 Å². The van der Waals surface area contributed by atoms with E-state index in [-0.39, 0.29) is 32.1 Å². The number of amides is 2. The number of carbonyl (C=O) groups is 2. The van der Waals surface area contributed by atoms with Gasteiger partial charge in [-0.25, -0.2) is 4.79 Å². The van der Waals surface area contributed by atoms with Gasteiger partial charge in [0.2, 0.25) is 0 Å². The second-order valence-electron chi connectivity index (χ2n) is 5.67. The molecule has 10 heteroatoms. The van der Waals surface area contributed by atoms with E-state index in [1.165, 1.54) is 13.5 Å². The highest BCUT2D eigenvalue weighted by Crippen LogP contribution is 2.13. The van der Waals surface area contributed by atoms with Gasteiger partial charge in [-0.2, -0.15) is 17.0 Å². The molecule has 2 amide bonds.